The Bertz CT molecular complexity index is 1310. The molecule has 1 atom stereocenters. The zero-order valence-electron chi connectivity index (χ0n) is 19.6. The van der Waals surface area contributed by atoms with Gasteiger partial charge in [0.15, 0.2) is 17.3 Å². The van der Waals surface area contributed by atoms with Gasteiger partial charge in [0.1, 0.15) is 11.5 Å². The highest BCUT2D eigenvalue weighted by Crippen LogP contribution is 2.36. The first-order valence-corrected chi connectivity index (χ1v) is 11.2. The number of hydrogen-bond donors (Lipinski definition) is 3. The molecule has 10 nitrogen and oxygen atoms in total. The molecule has 2 amide bonds. The van der Waals surface area contributed by atoms with Gasteiger partial charge in [-0.05, 0) is 43.5 Å². The Labute approximate surface area is 202 Å². The number of nitrogens with one attached hydrogen (secondary N) is 1. The summed E-state index contributed by atoms with van der Waals surface area (Å²) in [6, 6.07) is 9.87. The van der Waals surface area contributed by atoms with Gasteiger partial charge < -0.3 is 21.8 Å². The van der Waals surface area contributed by atoms with Gasteiger partial charge in [0.2, 0.25) is 0 Å². The molecular weight excluding hydrogens is 446 g/mol. The molecule has 1 fully saturated rings. The van der Waals surface area contributed by atoms with Crippen LogP contribution in [0.15, 0.2) is 54.9 Å². The Kier molecular flexibility index (Phi) is 6.37. The van der Waals surface area contributed by atoms with Crippen molar-refractivity contribution in [1.82, 2.24) is 19.5 Å². The fourth-order valence-corrected chi connectivity index (χ4v) is 4.19. The first-order valence-electron chi connectivity index (χ1n) is 11.2. The molecule has 10 heteroatoms. The van der Waals surface area contributed by atoms with E-state index in [2.05, 4.69) is 21.9 Å². The number of rotatable bonds is 7. The zero-order valence-corrected chi connectivity index (χ0v) is 19.6. The number of ketones is 1. The summed E-state index contributed by atoms with van der Waals surface area (Å²) in [7, 11) is 0. The molecule has 0 aliphatic carbocycles. The quantitative estimate of drug-likeness (QED) is 0.353. The number of nitrogen functional groups attached to an aromatic ring is 1. The summed E-state index contributed by atoms with van der Waals surface area (Å²) in [5.41, 5.74) is 8.34. The monoisotopic (exact) mass is 473 g/mol. The van der Waals surface area contributed by atoms with Gasteiger partial charge in [-0.2, -0.15) is 0 Å². The van der Waals surface area contributed by atoms with Gasteiger partial charge in [0, 0.05) is 30.8 Å². The second-order valence-electron chi connectivity index (χ2n) is 8.51. The number of amides is 2. The molecule has 0 spiro atoms. The van der Waals surface area contributed by atoms with Crippen LogP contribution in [0.2, 0.25) is 0 Å². The molecule has 5 N–H and O–H groups in total. The summed E-state index contributed by atoms with van der Waals surface area (Å²) in [6.45, 7) is 7.89. The van der Waals surface area contributed by atoms with Gasteiger partial charge in [0.25, 0.3) is 11.8 Å². The highest BCUT2D eigenvalue weighted by molar-refractivity contribution is 6.04. The average molecular weight is 474 g/mol. The van der Waals surface area contributed by atoms with E-state index in [9.17, 15) is 14.4 Å². The smallest absolute Gasteiger partial charge is 0.269 e. The van der Waals surface area contributed by atoms with Crippen molar-refractivity contribution >= 4 is 23.4 Å². The Morgan fingerprint density at radius 2 is 1.86 bits per heavy atom. The van der Waals surface area contributed by atoms with Gasteiger partial charge in [-0.1, -0.05) is 24.8 Å². The van der Waals surface area contributed by atoms with Crippen LogP contribution in [0.1, 0.15) is 58.0 Å². The summed E-state index contributed by atoms with van der Waals surface area (Å²) in [5.74, 6) is 5.94. The lowest BCUT2D eigenvalue weighted by Gasteiger charge is -2.26. The number of nitrogens with zero attached hydrogens (tertiary/aromatic N) is 4. The number of likely N-dealkylation sites (tertiary alicyclic amines) is 1. The van der Waals surface area contributed by atoms with Gasteiger partial charge in [-0.15, -0.1) is 0 Å². The molecule has 2 aromatic heterocycles. The van der Waals surface area contributed by atoms with Gasteiger partial charge in [-0.3, -0.25) is 14.4 Å². The van der Waals surface area contributed by atoms with E-state index in [0.29, 0.717) is 47.1 Å². The normalized spacial score (nSPS) is 15.1. The third-order valence-electron chi connectivity index (χ3n) is 6.05. The van der Waals surface area contributed by atoms with Crippen molar-refractivity contribution in [2.45, 2.75) is 32.7 Å². The number of carbonyl (C=O) groups excluding carboxylic acids is 3. The second-order valence-corrected chi connectivity index (χ2v) is 8.51. The summed E-state index contributed by atoms with van der Waals surface area (Å²) >= 11 is 0. The fourth-order valence-electron chi connectivity index (χ4n) is 4.19. The minimum atomic E-state index is -0.733. The number of hydrogen-bond acceptors (Lipinski definition) is 7. The Morgan fingerprint density at radius 1 is 1.14 bits per heavy atom. The summed E-state index contributed by atoms with van der Waals surface area (Å²) < 4.78 is 1.19. The maximum Gasteiger partial charge on any atom is 0.269 e. The molecule has 35 heavy (non-hydrogen) atoms. The summed E-state index contributed by atoms with van der Waals surface area (Å²) in [5, 5.41) is 2.74. The predicted octanol–water partition coefficient (Wildman–Crippen LogP) is 2.56. The Balaban J connectivity index is 1.64. The lowest BCUT2D eigenvalue weighted by atomic mass is 10.1. The van der Waals surface area contributed by atoms with E-state index < -0.39 is 5.91 Å². The van der Waals surface area contributed by atoms with E-state index >= 15 is 0 Å². The lowest BCUT2D eigenvalue weighted by molar-refractivity contribution is -0.115. The molecule has 0 radical (unpaired) electrons. The predicted molar refractivity (Wildman–Crippen MR) is 132 cm³/mol. The standard InChI is InChI=1S/C25H27N7O3/c1-14-6-11-20(28-13-14)29-25(35)18-9-7-17(8-10-18)21-22(23(26)34)32(27)24(30-21)19-5-4-12-31(19)15(2)16(3)33/h6-11,13,19H,2,4-5,12,27H2,1,3H3,(H2,26,34)(H,28,29,35)/t19-/m0/s1. The second kappa shape index (κ2) is 9.41. The Morgan fingerprint density at radius 3 is 2.46 bits per heavy atom. The van der Waals surface area contributed by atoms with Crippen LogP contribution < -0.4 is 16.9 Å². The third kappa shape index (κ3) is 4.63. The van der Waals surface area contributed by atoms with Crippen molar-refractivity contribution in [2.24, 2.45) is 5.73 Å². The van der Waals surface area contributed by atoms with Gasteiger partial charge in [-0.25, -0.2) is 14.6 Å². The number of anilines is 1. The van der Waals surface area contributed by atoms with Crippen molar-refractivity contribution in [2.75, 3.05) is 17.7 Å². The Hall–Kier alpha value is -4.47. The maximum atomic E-state index is 12.6. The lowest BCUT2D eigenvalue weighted by Crippen LogP contribution is -2.30. The number of Topliss-reactive ketones (excluding diaryl/α,β-unsaturated/α-hetero) is 1. The summed E-state index contributed by atoms with van der Waals surface area (Å²) in [4.78, 5) is 47.5. The molecule has 1 aromatic carbocycles. The fraction of sp³-hybridized carbons (Fsp3) is 0.240. The molecule has 3 aromatic rings. The first kappa shape index (κ1) is 23.7. The van der Waals surface area contributed by atoms with Crippen LogP contribution in [0.3, 0.4) is 0 Å². The largest absolute Gasteiger partial charge is 0.364 e. The maximum absolute atomic E-state index is 12.6. The number of imidazole rings is 1. The molecule has 1 aliphatic rings. The summed E-state index contributed by atoms with van der Waals surface area (Å²) in [6.07, 6.45) is 3.19. The molecule has 1 aliphatic heterocycles. The van der Waals surface area contributed by atoms with E-state index in [1.54, 1.807) is 36.5 Å². The molecule has 0 saturated carbocycles. The van der Waals surface area contributed by atoms with Gasteiger partial charge >= 0.3 is 0 Å². The number of carbonyl (C=O) groups is 3. The number of aryl methyl sites for hydroxylation is 1. The van der Waals surface area contributed by atoms with Crippen molar-refractivity contribution in [3.05, 3.63) is 77.5 Å². The third-order valence-corrected chi connectivity index (χ3v) is 6.05. The zero-order chi connectivity index (χ0) is 25.3. The van der Waals surface area contributed by atoms with E-state index in [-0.39, 0.29) is 23.4 Å². The number of aromatic nitrogens is 3. The van der Waals surface area contributed by atoms with Crippen LogP contribution in [0.25, 0.3) is 11.3 Å². The number of nitrogens with two attached hydrogens (primary N) is 2. The van der Waals surface area contributed by atoms with E-state index in [4.69, 9.17) is 11.6 Å². The van der Waals surface area contributed by atoms with Crippen LogP contribution in [-0.4, -0.2) is 43.7 Å². The van der Waals surface area contributed by atoms with Gasteiger partial charge in [0.05, 0.1) is 11.7 Å². The molecule has 4 rings (SSSR count). The van der Waals surface area contributed by atoms with Crippen molar-refractivity contribution in [3.8, 4) is 11.3 Å². The number of benzene rings is 1. The minimum Gasteiger partial charge on any atom is -0.364 e. The highest BCUT2D eigenvalue weighted by atomic mass is 16.2. The van der Waals surface area contributed by atoms with Crippen LogP contribution in [0.4, 0.5) is 5.82 Å². The van der Waals surface area contributed by atoms with Crippen LogP contribution in [-0.2, 0) is 4.79 Å². The van der Waals surface area contributed by atoms with Crippen LogP contribution in [0, 0.1) is 6.92 Å². The van der Waals surface area contributed by atoms with E-state index in [1.165, 1.54) is 11.6 Å². The molecule has 1 saturated heterocycles. The van der Waals surface area contributed by atoms with E-state index in [0.717, 1.165) is 12.0 Å². The highest BCUT2D eigenvalue weighted by Gasteiger charge is 2.34. The molecular formula is C25H27N7O3. The number of primary amides is 1. The molecule has 3 heterocycles. The molecule has 0 bridgehead atoms. The van der Waals surface area contributed by atoms with Crippen molar-refractivity contribution in [3.63, 3.8) is 0 Å². The van der Waals surface area contributed by atoms with E-state index in [1.807, 2.05) is 17.9 Å². The number of allylic oxidation sites excluding steroid dienone is 1. The molecule has 0 unspecified atom stereocenters. The molecule has 180 valence electrons. The minimum absolute atomic E-state index is 0.0429. The average Bonchev–Trinajstić information content (AvgIpc) is 3.44. The van der Waals surface area contributed by atoms with Crippen LogP contribution >= 0.6 is 0 Å². The van der Waals surface area contributed by atoms with Crippen molar-refractivity contribution in [1.29, 1.82) is 0 Å². The number of pyridine rings is 1. The first-order chi connectivity index (χ1) is 16.7. The topological polar surface area (TPSA) is 149 Å². The van der Waals surface area contributed by atoms with Crippen molar-refractivity contribution < 1.29 is 14.4 Å². The SMILES string of the molecule is C=C(C(C)=O)N1CCC[C@H]1c1nc(-c2ccc(C(=O)Nc3ccc(C)cn3)cc2)c(C(N)=O)n1N. The van der Waals surface area contributed by atoms with Crippen LogP contribution in [0.5, 0.6) is 0 Å².